The Morgan fingerprint density at radius 1 is 1.22 bits per heavy atom. The molecule has 0 aliphatic heterocycles. The maximum absolute atomic E-state index is 11.7. The van der Waals surface area contributed by atoms with Crippen molar-refractivity contribution in [3.05, 3.63) is 0 Å². The van der Waals surface area contributed by atoms with Gasteiger partial charge in [0.15, 0.2) is 0 Å². The second kappa shape index (κ2) is 8.08. The van der Waals surface area contributed by atoms with Crippen molar-refractivity contribution in [2.75, 3.05) is 13.6 Å². The van der Waals surface area contributed by atoms with Gasteiger partial charge in [-0.05, 0) is 32.9 Å². The zero-order chi connectivity index (χ0) is 13.4. The summed E-state index contributed by atoms with van der Waals surface area (Å²) in [6, 6.07) is -0.188. The molecule has 1 aliphatic carbocycles. The molecule has 1 fully saturated rings. The highest BCUT2D eigenvalue weighted by atomic mass is 16.4. The average Bonchev–Trinajstić information content (AvgIpc) is 2.55. The number of amides is 1. The van der Waals surface area contributed by atoms with E-state index in [1.807, 2.05) is 7.05 Å². The van der Waals surface area contributed by atoms with Crippen molar-refractivity contribution >= 4 is 11.9 Å². The highest BCUT2D eigenvalue weighted by Crippen LogP contribution is 2.23. The lowest BCUT2D eigenvalue weighted by Gasteiger charge is -2.22. The topological polar surface area (TPSA) is 78.4 Å². The number of carbonyl (C=O) groups is 2. The van der Waals surface area contributed by atoms with Gasteiger partial charge in [0, 0.05) is 12.5 Å². The van der Waals surface area contributed by atoms with Gasteiger partial charge in [0.05, 0.1) is 5.92 Å². The Kier molecular flexibility index (Phi) is 6.72. The van der Waals surface area contributed by atoms with Gasteiger partial charge < -0.3 is 15.7 Å². The van der Waals surface area contributed by atoms with Gasteiger partial charge in [-0.15, -0.1) is 0 Å². The van der Waals surface area contributed by atoms with Crippen molar-refractivity contribution < 1.29 is 14.7 Å². The van der Waals surface area contributed by atoms with Crippen LogP contribution in [0.4, 0.5) is 0 Å². The molecule has 1 saturated carbocycles. The van der Waals surface area contributed by atoms with E-state index in [0.29, 0.717) is 12.8 Å². The molecule has 104 valence electrons. The minimum Gasteiger partial charge on any atom is -0.481 e. The van der Waals surface area contributed by atoms with Gasteiger partial charge in [-0.3, -0.25) is 9.59 Å². The van der Waals surface area contributed by atoms with E-state index in [1.54, 1.807) is 0 Å². The van der Waals surface area contributed by atoms with Crippen LogP contribution in [0, 0.1) is 5.92 Å². The lowest BCUT2D eigenvalue weighted by atomic mass is 9.94. The molecule has 2 atom stereocenters. The Morgan fingerprint density at radius 2 is 1.94 bits per heavy atom. The van der Waals surface area contributed by atoms with Gasteiger partial charge in [-0.25, -0.2) is 0 Å². The Hall–Kier alpha value is -1.10. The molecule has 0 aromatic heterocycles. The summed E-state index contributed by atoms with van der Waals surface area (Å²) in [5.41, 5.74) is 0. The normalized spacial score (nSPS) is 24.3. The standard InChI is InChI=1S/C13H24N2O3/c1-14-9-5-8-12(16)15-11-7-4-2-3-6-10(11)13(17)18/h10-11,14H,2-9H2,1H3,(H,15,16)(H,17,18). The first-order chi connectivity index (χ1) is 8.65. The average molecular weight is 256 g/mol. The summed E-state index contributed by atoms with van der Waals surface area (Å²) in [5.74, 6) is -1.22. The van der Waals surface area contributed by atoms with E-state index < -0.39 is 11.9 Å². The van der Waals surface area contributed by atoms with Crippen LogP contribution in [0.3, 0.4) is 0 Å². The minimum atomic E-state index is -0.780. The Balaban J connectivity index is 2.44. The van der Waals surface area contributed by atoms with E-state index in [1.165, 1.54) is 0 Å². The smallest absolute Gasteiger partial charge is 0.308 e. The molecule has 0 saturated heterocycles. The molecule has 0 aromatic carbocycles. The number of nitrogens with one attached hydrogen (secondary N) is 2. The molecule has 5 heteroatoms. The Bertz CT molecular complexity index is 281. The van der Waals surface area contributed by atoms with Crippen molar-refractivity contribution in [3.63, 3.8) is 0 Å². The van der Waals surface area contributed by atoms with Crippen LogP contribution in [0.5, 0.6) is 0 Å². The maximum Gasteiger partial charge on any atom is 0.308 e. The highest BCUT2D eigenvalue weighted by molar-refractivity contribution is 5.78. The zero-order valence-corrected chi connectivity index (χ0v) is 11.1. The van der Waals surface area contributed by atoms with Gasteiger partial charge in [-0.1, -0.05) is 19.3 Å². The van der Waals surface area contributed by atoms with E-state index in [4.69, 9.17) is 0 Å². The number of carbonyl (C=O) groups excluding carboxylic acids is 1. The van der Waals surface area contributed by atoms with E-state index >= 15 is 0 Å². The van der Waals surface area contributed by atoms with Gasteiger partial charge in [0.25, 0.3) is 0 Å². The molecule has 1 amide bonds. The fourth-order valence-corrected chi connectivity index (χ4v) is 2.48. The summed E-state index contributed by atoms with van der Waals surface area (Å²) in [7, 11) is 1.85. The summed E-state index contributed by atoms with van der Waals surface area (Å²) < 4.78 is 0. The van der Waals surface area contributed by atoms with E-state index in [-0.39, 0.29) is 11.9 Å². The quantitative estimate of drug-likeness (QED) is 0.492. The molecular weight excluding hydrogens is 232 g/mol. The van der Waals surface area contributed by atoms with Crippen LogP contribution in [0.2, 0.25) is 0 Å². The lowest BCUT2D eigenvalue weighted by molar-refractivity contribution is -0.143. The van der Waals surface area contributed by atoms with Gasteiger partial charge in [0.1, 0.15) is 0 Å². The van der Waals surface area contributed by atoms with Crippen molar-refractivity contribution in [2.45, 2.75) is 51.0 Å². The first-order valence-electron chi connectivity index (χ1n) is 6.82. The third-order valence-electron chi connectivity index (χ3n) is 3.51. The van der Waals surface area contributed by atoms with Crippen molar-refractivity contribution in [2.24, 2.45) is 5.92 Å². The van der Waals surface area contributed by atoms with Gasteiger partial charge >= 0.3 is 5.97 Å². The molecule has 0 heterocycles. The van der Waals surface area contributed by atoms with Crippen molar-refractivity contribution in [3.8, 4) is 0 Å². The third kappa shape index (κ3) is 5.04. The van der Waals surface area contributed by atoms with Crippen molar-refractivity contribution in [1.82, 2.24) is 10.6 Å². The van der Waals surface area contributed by atoms with Gasteiger partial charge in [-0.2, -0.15) is 0 Å². The van der Waals surface area contributed by atoms with Crippen LogP contribution in [0.1, 0.15) is 44.9 Å². The Labute approximate surface area is 108 Å². The number of carboxylic acid groups (broad SMARTS) is 1. The van der Waals surface area contributed by atoms with Crippen LogP contribution < -0.4 is 10.6 Å². The minimum absolute atomic E-state index is 0.0246. The van der Waals surface area contributed by atoms with E-state index in [0.717, 1.165) is 38.6 Å². The van der Waals surface area contributed by atoms with E-state index in [9.17, 15) is 14.7 Å². The molecule has 3 N–H and O–H groups in total. The van der Waals surface area contributed by atoms with Crippen LogP contribution in [0.15, 0.2) is 0 Å². The summed E-state index contributed by atoms with van der Waals surface area (Å²) >= 11 is 0. The molecule has 18 heavy (non-hydrogen) atoms. The third-order valence-corrected chi connectivity index (χ3v) is 3.51. The second-order valence-corrected chi connectivity index (χ2v) is 4.96. The molecule has 1 aliphatic rings. The summed E-state index contributed by atoms with van der Waals surface area (Å²) in [6.07, 6.45) is 5.73. The first kappa shape index (κ1) is 15.0. The van der Waals surface area contributed by atoms with Crippen LogP contribution in [0.25, 0.3) is 0 Å². The largest absolute Gasteiger partial charge is 0.481 e. The predicted molar refractivity (Wildman–Crippen MR) is 69.3 cm³/mol. The number of hydrogen-bond donors (Lipinski definition) is 3. The lowest BCUT2D eigenvalue weighted by Crippen LogP contribution is -2.42. The molecule has 0 aromatic rings. The number of hydrogen-bond acceptors (Lipinski definition) is 3. The maximum atomic E-state index is 11.7. The molecule has 0 radical (unpaired) electrons. The zero-order valence-electron chi connectivity index (χ0n) is 11.1. The molecule has 2 unspecified atom stereocenters. The van der Waals surface area contributed by atoms with E-state index in [2.05, 4.69) is 10.6 Å². The molecule has 5 nitrogen and oxygen atoms in total. The predicted octanol–water partition coefficient (Wildman–Crippen LogP) is 1.14. The Morgan fingerprint density at radius 3 is 2.61 bits per heavy atom. The SMILES string of the molecule is CNCCCC(=O)NC1CCCCCC1C(=O)O. The molecule has 0 spiro atoms. The molecular formula is C13H24N2O3. The molecule has 1 rings (SSSR count). The number of aliphatic carboxylic acids is 1. The van der Waals surface area contributed by atoms with Crippen molar-refractivity contribution in [1.29, 1.82) is 0 Å². The summed E-state index contributed by atoms with van der Waals surface area (Å²) in [4.78, 5) is 22.9. The van der Waals surface area contributed by atoms with Crippen LogP contribution >= 0.6 is 0 Å². The van der Waals surface area contributed by atoms with Crippen LogP contribution in [-0.4, -0.2) is 36.6 Å². The summed E-state index contributed by atoms with van der Waals surface area (Å²) in [5, 5.41) is 15.1. The monoisotopic (exact) mass is 256 g/mol. The highest BCUT2D eigenvalue weighted by Gasteiger charge is 2.30. The van der Waals surface area contributed by atoms with Gasteiger partial charge in [0.2, 0.25) is 5.91 Å². The number of rotatable bonds is 6. The first-order valence-corrected chi connectivity index (χ1v) is 6.82. The molecule has 0 bridgehead atoms. The fourth-order valence-electron chi connectivity index (χ4n) is 2.48. The second-order valence-electron chi connectivity index (χ2n) is 4.96. The summed E-state index contributed by atoms with van der Waals surface area (Å²) in [6.45, 7) is 0.806. The van der Waals surface area contributed by atoms with Crippen LogP contribution in [-0.2, 0) is 9.59 Å². The fraction of sp³-hybridized carbons (Fsp3) is 0.846. The number of carboxylic acids is 1.